The second kappa shape index (κ2) is 6.48. The number of halogens is 1. The van der Waals surface area contributed by atoms with Gasteiger partial charge in [-0.2, -0.15) is 0 Å². The molecule has 0 aliphatic rings. The van der Waals surface area contributed by atoms with Gasteiger partial charge in [0.05, 0.1) is 6.10 Å². The van der Waals surface area contributed by atoms with Crippen molar-refractivity contribution < 1.29 is 14.2 Å². The van der Waals surface area contributed by atoms with E-state index < -0.39 is 6.10 Å². The van der Waals surface area contributed by atoms with Crippen LogP contribution in [0.2, 0.25) is 0 Å². The van der Waals surface area contributed by atoms with Gasteiger partial charge in [0.1, 0.15) is 18.2 Å². The molecular weight excluding hydrogens is 271 g/mol. The largest absolute Gasteiger partial charge is 0.491 e. The molecular formula is C11H13FN4O2S. The first-order valence-electron chi connectivity index (χ1n) is 5.57. The Morgan fingerprint density at radius 2 is 2.16 bits per heavy atom. The lowest BCUT2D eigenvalue weighted by molar-refractivity contribution is 0.126. The molecule has 1 heterocycles. The van der Waals surface area contributed by atoms with Gasteiger partial charge < -0.3 is 9.84 Å². The Morgan fingerprint density at radius 1 is 1.42 bits per heavy atom. The summed E-state index contributed by atoms with van der Waals surface area (Å²) < 4.78 is 19.5. The van der Waals surface area contributed by atoms with E-state index in [-0.39, 0.29) is 12.4 Å². The van der Waals surface area contributed by atoms with Crippen molar-refractivity contribution in [3.8, 4) is 5.75 Å². The molecule has 102 valence electrons. The quantitative estimate of drug-likeness (QED) is 0.794. The molecule has 0 spiro atoms. The first-order valence-corrected chi connectivity index (χ1v) is 6.55. The molecule has 1 unspecified atom stereocenters. The molecule has 1 aromatic heterocycles. The van der Waals surface area contributed by atoms with Gasteiger partial charge in [0.25, 0.3) is 0 Å². The number of thioether (sulfide) groups is 1. The molecule has 2 aromatic rings. The molecule has 0 saturated carbocycles. The summed E-state index contributed by atoms with van der Waals surface area (Å²) in [7, 11) is 1.73. The number of aliphatic hydroxyl groups is 1. The van der Waals surface area contributed by atoms with Crippen LogP contribution in [0.15, 0.2) is 29.4 Å². The molecule has 1 N–H and O–H groups in total. The van der Waals surface area contributed by atoms with E-state index in [1.807, 2.05) is 0 Å². The third kappa shape index (κ3) is 4.18. The maximum Gasteiger partial charge on any atom is 0.209 e. The lowest BCUT2D eigenvalue weighted by atomic mass is 10.3. The van der Waals surface area contributed by atoms with Gasteiger partial charge in [0.15, 0.2) is 0 Å². The van der Waals surface area contributed by atoms with Gasteiger partial charge in [0, 0.05) is 12.8 Å². The Hall–Kier alpha value is -1.67. The minimum atomic E-state index is -0.660. The highest BCUT2D eigenvalue weighted by Crippen LogP contribution is 2.15. The number of aliphatic hydroxyl groups excluding tert-OH is 1. The highest BCUT2D eigenvalue weighted by molar-refractivity contribution is 7.99. The van der Waals surface area contributed by atoms with Crippen LogP contribution in [0.4, 0.5) is 4.39 Å². The van der Waals surface area contributed by atoms with Crippen molar-refractivity contribution in [2.75, 3.05) is 12.4 Å². The number of aryl methyl sites for hydroxylation is 1. The number of nitrogens with zero attached hydrogens (tertiary/aromatic N) is 4. The van der Waals surface area contributed by atoms with E-state index in [1.165, 1.54) is 40.7 Å². The van der Waals surface area contributed by atoms with E-state index in [0.717, 1.165) is 0 Å². The summed E-state index contributed by atoms with van der Waals surface area (Å²) in [5.74, 6) is 0.610. The zero-order chi connectivity index (χ0) is 13.7. The summed E-state index contributed by atoms with van der Waals surface area (Å²) in [6, 6.07) is 5.65. The minimum Gasteiger partial charge on any atom is -0.491 e. The molecule has 0 radical (unpaired) electrons. The van der Waals surface area contributed by atoms with Crippen molar-refractivity contribution in [3.63, 3.8) is 0 Å². The molecule has 2 rings (SSSR count). The Kier molecular flexibility index (Phi) is 4.69. The molecule has 0 aliphatic carbocycles. The van der Waals surface area contributed by atoms with E-state index >= 15 is 0 Å². The molecule has 0 saturated heterocycles. The van der Waals surface area contributed by atoms with Gasteiger partial charge in [-0.25, -0.2) is 9.07 Å². The van der Waals surface area contributed by atoms with Crippen molar-refractivity contribution in [1.29, 1.82) is 0 Å². The highest BCUT2D eigenvalue weighted by Gasteiger charge is 2.09. The van der Waals surface area contributed by atoms with Crippen molar-refractivity contribution in [1.82, 2.24) is 20.2 Å². The Balaban J connectivity index is 1.74. The first-order chi connectivity index (χ1) is 9.15. The van der Waals surface area contributed by atoms with Crippen LogP contribution in [-0.2, 0) is 7.05 Å². The predicted octanol–water partition coefficient (Wildman–Crippen LogP) is 0.881. The normalized spacial score (nSPS) is 12.4. The summed E-state index contributed by atoms with van der Waals surface area (Å²) in [5, 5.41) is 21.3. The molecule has 1 aromatic carbocycles. The van der Waals surface area contributed by atoms with Crippen LogP contribution in [0, 0.1) is 5.82 Å². The van der Waals surface area contributed by atoms with Crippen LogP contribution in [0.1, 0.15) is 0 Å². The minimum absolute atomic E-state index is 0.129. The van der Waals surface area contributed by atoms with Gasteiger partial charge >= 0.3 is 0 Å². The van der Waals surface area contributed by atoms with Crippen LogP contribution < -0.4 is 4.74 Å². The highest BCUT2D eigenvalue weighted by atomic mass is 32.2. The van der Waals surface area contributed by atoms with Crippen LogP contribution in [-0.4, -0.2) is 43.8 Å². The predicted molar refractivity (Wildman–Crippen MR) is 67.4 cm³/mol. The second-order valence-electron chi connectivity index (χ2n) is 3.81. The standard InChI is InChI=1S/C11H13FN4O2S/c1-16-11(13-14-15-16)19-7-9(17)6-18-10-4-2-8(12)3-5-10/h2-5,9,17H,6-7H2,1H3. The number of ether oxygens (including phenoxy) is 1. The molecule has 0 amide bonds. The first kappa shape index (κ1) is 13.8. The van der Waals surface area contributed by atoms with Gasteiger partial charge in [-0.1, -0.05) is 11.8 Å². The lowest BCUT2D eigenvalue weighted by Gasteiger charge is -2.11. The third-order valence-electron chi connectivity index (χ3n) is 2.24. The van der Waals surface area contributed by atoms with Crippen LogP contribution in [0.3, 0.4) is 0 Å². The molecule has 19 heavy (non-hydrogen) atoms. The summed E-state index contributed by atoms with van der Waals surface area (Å²) in [6.45, 7) is 0.129. The summed E-state index contributed by atoms with van der Waals surface area (Å²) >= 11 is 1.34. The average Bonchev–Trinajstić information content (AvgIpc) is 2.81. The number of rotatable bonds is 6. The second-order valence-corrected chi connectivity index (χ2v) is 4.80. The molecule has 8 heteroatoms. The Labute approximate surface area is 113 Å². The summed E-state index contributed by atoms with van der Waals surface area (Å²) in [4.78, 5) is 0. The van der Waals surface area contributed by atoms with Crippen LogP contribution >= 0.6 is 11.8 Å². The Morgan fingerprint density at radius 3 is 2.79 bits per heavy atom. The lowest BCUT2D eigenvalue weighted by Crippen LogP contribution is -2.20. The molecule has 0 bridgehead atoms. The fourth-order valence-corrected chi connectivity index (χ4v) is 2.04. The maximum atomic E-state index is 12.7. The zero-order valence-electron chi connectivity index (χ0n) is 10.2. The average molecular weight is 284 g/mol. The number of benzene rings is 1. The van der Waals surface area contributed by atoms with Crippen molar-refractivity contribution in [2.45, 2.75) is 11.3 Å². The van der Waals surface area contributed by atoms with Gasteiger partial charge in [0.2, 0.25) is 5.16 Å². The fourth-order valence-electron chi connectivity index (χ4n) is 1.29. The monoisotopic (exact) mass is 284 g/mol. The molecule has 0 aliphatic heterocycles. The van der Waals surface area contributed by atoms with E-state index in [1.54, 1.807) is 7.05 Å². The molecule has 0 fully saturated rings. The van der Waals surface area contributed by atoms with E-state index in [4.69, 9.17) is 4.74 Å². The van der Waals surface area contributed by atoms with Crippen molar-refractivity contribution >= 4 is 11.8 Å². The van der Waals surface area contributed by atoms with E-state index in [0.29, 0.717) is 16.7 Å². The maximum absolute atomic E-state index is 12.7. The number of hydrogen-bond donors (Lipinski definition) is 1. The Bertz CT molecular complexity index is 520. The number of tetrazole rings is 1. The SMILES string of the molecule is Cn1nnnc1SCC(O)COc1ccc(F)cc1. The van der Waals surface area contributed by atoms with Crippen LogP contribution in [0.25, 0.3) is 0 Å². The van der Waals surface area contributed by atoms with E-state index in [9.17, 15) is 9.50 Å². The smallest absolute Gasteiger partial charge is 0.209 e. The number of aromatic nitrogens is 4. The topological polar surface area (TPSA) is 73.1 Å². The van der Waals surface area contributed by atoms with Crippen molar-refractivity contribution in [3.05, 3.63) is 30.1 Å². The van der Waals surface area contributed by atoms with Crippen molar-refractivity contribution in [2.24, 2.45) is 7.05 Å². The zero-order valence-corrected chi connectivity index (χ0v) is 11.0. The molecule has 6 nitrogen and oxygen atoms in total. The molecule has 1 atom stereocenters. The van der Waals surface area contributed by atoms with Gasteiger partial charge in [-0.05, 0) is 34.7 Å². The van der Waals surface area contributed by atoms with Crippen LogP contribution in [0.5, 0.6) is 5.75 Å². The van der Waals surface area contributed by atoms with E-state index in [2.05, 4.69) is 15.5 Å². The summed E-state index contributed by atoms with van der Waals surface area (Å²) in [6.07, 6.45) is -0.660. The number of hydrogen-bond acceptors (Lipinski definition) is 6. The summed E-state index contributed by atoms with van der Waals surface area (Å²) in [5.41, 5.74) is 0. The third-order valence-corrected chi connectivity index (χ3v) is 3.40. The van der Waals surface area contributed by atoms with Gasteiger partial charge in [-0.15, -0.1) is 5.10 Å². The fraction of sp³-hybridized carbons (Fsp3) is 0.364. The van der Waals surface area contributed by atoms with Gasteiger partial charge in [-0.3, -0.25) is 0 Å².